The number of rotatable bonds is 0. The molecule has 0 rings (SSSR count). The van der Waals surface area contributed by atoms with Gasteiger partial charge in [-0.2, -0.15) is 0 Å². The lowest BCUT2D eigenvalue weighted by atomic mass is 14.0. The second-order valence-corrected chi connectivity index (χ2v) is 2.66. The summed E-state index contributed by atoms with van der Waals surface area (Å²) in [7, 11) is -1.30. The molecule has 0 aromatic heterocycles. The fourth-order valence-electron chi connectivity index (χ4n) is 0. The van der Waals surface area contributed by atoms with Crippen molar-refractivity contribution in [1.82, 2.24) is 0 Å². The zero-order valence-electron chi connectivity index (χ0n) is 1.77. The van der Waals surface area contributed by atoms with Crippen LogP contribution in [0.15, 0.2) is 0 Å². The second-order valence-electron chi connectivity index (χ2n) is 0.248. The standard InChI is InChI=1S/BrH2NOS/c1-4(2)3/h2H2. The van der Waals surface area contributed by atoms with Crippen molar-refractivity contribution < 1.29 is 4.21 Å². The van der Waals surface area contributed by atoms with Crippen molar-refractivity contribution in [2.45, 2.75) is 0 Å². The van der Waals surface area contributed by atoms with Gasteiger partial charge < -0.3 is 0 Å². The van der Waals surface area contributed by atoms with Gasteiger partial charge in [0.25, 0.3) is 0 Å². The average molecular weight is 144 g/mol. The maximum atomic E-state index is 9.25. The minimum absolute atomic E-state index is 1.30. The molecule has 0 fully saturated rings. The molecule has 4 heavy (non-hydrogen) atoms. The Morgan fingerprint density at radius 1 is 2.00 bits per heavy atom. The summed E-state index contributed by atoms with van der Waals surface area (Å²) < 4.78 is 9.25. The second kappa shape index (κ2) is 1.87. The minimum Gasteiger partial charge on any atom is -0.242 e. The van der Waals surface area contributed by atoms with E-state index < -0.39 is 9.42 Å². The summed E-state index contributed by atoms with van der Waals surface area (Å²) in [4.78, 5) is 0. The monoisotopic (exact) mass is 143 g/mol. The van der Waals surface area contributed by atoms with Crippen LogP contribution in [0.25, 0.3) is 0 Å². The van der Waals surface area contributed by atoms with E-state index in [2.05, 4.69) is 20.0 Å². The van der Waals surface area contributed by atoms with Crippen molar-refractivity contribution in [3.63, 3.8) is 0 Å². The van der Waals surface area contributed by atoms with Crippen LogP contribution in [0.4, 0.5) is 0 Å². The Kier molecular flexibility index (Phi) is 2.14. The van der Waals surface area contributed by atoms with E-state index in [1.54, 1.807) is 0 Å². The Morgan fingerprint density at radius 2 is 2.00 bits per heavy atom. The highest BCUT2D eigenvalue weighted by molar-refractivity contribution is 9.46. The molecular formula is H2BrNOS. The molecule has 0 aliphatic heterocycles. The van der Waals surface area contributed by atoms with Crippen molar-refractivity contribution in [3.8, 4) is 0 Å². The summed E-state index contributed by atoms with van der Waals surface area (Å²) in [6.07, 6.45) is 0. The molecule has 0 aliphatic carbocycles. The summed E-state index contributed by atoms with van der Waals surface area (Å²) in [5, 5.41) is 4.50. The average Bonchev–Trinajstić information content (AvgIpc) is 0.811. The molecule has 2 N–H and O–H groups in total. The van der Waals surface area contributed by atoms with Gasteiger partial charge in [-0.05, 0) is 0 Å². The Labute approximate surface area is 34.2 Å². The first-order valence-corrected chi connectivity index (χ1v) is 3.61. The van der Waals surface area contributed by atoms with Gasteiger partial charge >= 0.3 is 0 Å². The molecule has 0 amide bonds. The first kappa shape index (κ1) is 4.59. The van der Waals surface area contributed by atoms with Crippen molar-refractivity contribution in [2.75, 3.05) is 0 Å². The summed E-state index contributed by atoms with van der Waals surface area (Å²) in [6.45, 7) is 0. The Balaban J connectivity index is 2.80. The van der Waals surface area contributed by atoms with E-state index in [0.717, 1.165) is 0 Å². The number of nitrogens with two attached hydrogens (primary N) is 1. The van der Waals surface area contributed by atoms with E-state index >= 15 is 0 Å². The van der Waals surface area contributed by atoms with Crippen LogP contribution in [0.1, 0.15) is 0 Å². The summed E-state index contributed by atoms with van der Waals surface area (Å²) >= 11 is 2.52. The zero-order valence-corrected chi connectivity index (χ0v) is 4.17. The highest BCUT2D eigenvalue weighted by Gasteiger charge is 1.61. The van der Waals surface area contributed by atoms with E-state index in [0.29, 0.717) is 0 Å². The van der Waals surface area contributed by atoms with Crippen molar-refractivity contribution in [1.29, 1.82) is 0 Å². The molecular weight excluding hydrogens is 142 g/mol. The molecule has 0 saturated carbocycles. The maximum Gasteiger partial charge on any atom is 0.159 e. The van der Waals surface area contributed by atoms with Gasteiger partial charge in [-0.15, -0.1) is 0 Å². The van der Waals surface area contributed by atoms with Gasteiger partial charge in [0.2, 0.25) is 0 Å². The topological polar surface area (TPSA) is 43.1 Å². The minimum atomic E-state index is -1.30. The first-order chi connectivity index (χ1) is 1.73. The number of hydrogen-bond acceptors (Lipinski definition) is 1. The van der Waals surface area contributed by atoms with Crippen molar-refractivity contribution in [3.05, 3.63) is 0 Å². The smallest absolute Gasteiger partial charge is 0.159 e. The van der Waals surface area contributed by atoms with Crippen LogP contribution in [0.2, 0.25) is 0 Å². The third-order valence-electron chi connectivity index (χ3n) is 0. The largest absolute Gasteiger partial charge is 0.242 e. The van der Waals surface area contributed by atoms with Crippen LogP contribution in [-0.4, -0.2) is 4.21 Å². The number of halogens is 1. The molecule has 0 aromatic carbocycles. The van der Waals surface area contributed by atoms with Gasteiger partial charge in [-0.25, -0.2) is 9.35 Å². The van der Waals surface area contributed by atoms with Gasteiger partial charge in [-0.3, -0.25) is 0 Å². The van der Waals surface area contributed by atoms with Crippen molar-refractivity contribution in [2.24, 2.45) is 5.14 Å². The Morgan fingerprint density at radius 3 is 2.00 bits per heavy atom. The Bertz CT molecular complexity index is 31.0. The van der Waals surface area contributed by atoms with E-state index in [-0.39, 0.29) is 0 Å². The molecule has 0 aliphatic rings. The maximum absolute atomic E-state index is 9.25. The van der Waals surface area contributed by atoms with Gasteiger partial charge in [0.1, 0.15) is 0 Å². The molecule has 1 unspecified atom stereocenters. The quantitative estimate of drug-likeness (QED) is 0.474. The molecule has 1 atom stereocenters. The molecule has 4 heteroatoms. The first-order valence-electron chi connectivity index (χ1n) is 0.557. The summed E-state index contributed by atoms with van der Waals surface area (Å²) in [6, 6.07) is 0. The fourth-order valence-corrected chi connectivity index (χ4v) is 0. The molecule has 0 aromatic rings. The lowest BCUT2D eigenvalue weighted by Gasteiger charge is -1.58. The van der Waals surface area contributed by atoms with Crippen molar-refractivity contribution >= 4 is 24.2 Å². The van der Waals surface area contributed by atoms with Crippen LogP contribution in [-0.2, 0) is 9.42 Å². The lowest BCUT2D eigenvalue weighted by molar-refractivity contribution is 0.693. The summed E-state index contributed by atoms with van der Waals surface area (Å²) in [5.74, 6) is 0. The molecule has 0 spiro atoms. The van der Waals surface area contributed by atoms with Gasteiger partial charge in [0.15, 0.2) is 9.42 Å². The summed E-state index contributed by atoms with van der Waals surface area (Å²) in [5.41, 5.74) is 0. The highest BCUT2D eigenvalue weighted by atomic mass is 79.9. The third-order valence-corrected chi connectivity index (χ3v) is 0. The predicted octanol–water partition coefficient (Wildman–Crippen LogP) is -0.0813. The van der Waals surface area contributed by atoms with Gasteiger partial charge in [0, 0.05) is 14.8 Å². The third kappa shape index (κ3) is 18.8. The number of hydrogen-bond donors (Lipinski definition) is 1. The predicted molar refractivity (Wildman–Crippen MR) is 21.3 cm³/mol. The van der Waals surface area contributed by atoms with Gasteiger partial charge in [0.05, 0.1) is 0 Å². The molecule has 2 nitrogen and oxygen atoms in total. The molecule has 0 heterocycles. The van der Waals surface area contributed by atoms with E-state index in [1.807, 2.05) is 0 Å². The normalized spacial score (nSPS) is 15.5. The van der Waals surface area contributed by atoms with Gasteiger partial charge in [-0.1, -0.05) is 0 Å². The van der Waals surface area contributed by atoms with Crippen LogP contribution >= 0.6 is 14.8 Å². The molecule has 0 saturated heterocycles. The van der Waals surface area contributed by atoms with Crippen LogP contribution in [0.3, 0.4) is 0 Å². The van der Waals surface area contributed by atoms with E-state index in [1.165, 1.54) is 0 Å². The lowest BCUT2D eigenvalue weighted by Crippen LogP contribution is -1.87. The zero-order chi connectivity index (χ0) is 3.58. The van der Waals surface area contributed by atoms with Crippen LogP contribution in [0, 0.1) is 0 Å². The molecule has 26 valence electrons. The van der Waals surface area contributed by atoms with E-state index in [9.17, 15) is 4.21 Å². The SMILES string of the molecule is NS(=O)Br. The molecule has 0 bridgehead atoms. The van der Waals surface area contributed by atoms with Crippen LogP contribution < -0.4 is 5.14 Å². The van der Waals surface area contributed by atoms with Crippen LogP contribution in [0.5, 0.6) is 0 Å². The Hall–Kier alpha value is 0.590. The molecule has 0 radical (unpaired) electrons. The van der Waals surface area contributed by atoms with E-state index in [4.69, 9.17) is 0 Å². The fraction of sp³-hybridized carbons (Fsp3) is 0. The highest BCUT2D eigenvalue weighted by Crippen LogP contribution is 1.73.